The number of rotatable bonds is 4. The number of halogens is 1. The summed E-state index contributed by atoms with van der Waals surface area (Å²) in [4.78, 5) is 22.8. The van der Waals surface area contributed by atoms with Crippen LogP contribution in [0.5, 0.6) is 0 Å². The molecule has 0 aliphatic rings. The third-order valence-electron chi connectivity index (χ3n) is 3.48. The highest BCUT2D eigenvalue weighted by atomic mass is 79.9. The van der Waals surface area contributed by atoms with E-state index in [1.165, 1.54) is 16.8 Å². The Kier molecular flexibility index (Phi) is 4.57. The van der Waals surface area contributed by atoms with Crippen LogP contribution >= 0.6 is 15.9 Å². The van der Waals surface area contributed by atoms with Crippen molar-refractivity contribution < 1.29 is 9.72 Å². The zero-order chi connectivity index (χ0) is 18.0. The van der Waals surface area contributed by atoms with Crippen molar-refractivity contribution in [1.29, 1.82) is 0 Å². The molecule has 0 fully saturated rings. The van der Waals surface area contributed by atoms with E-state index < -0.39 is 10.8 Å². The fourth-order valence-electron chi connectivity index (χ4n) is 2.28. The van der Waals surface area contributed by atoms with Crippen molar-refractivity contribution in [3.05, 3.63) is 74.5 Å². The predicted molar refractivity (Wildman–Crippen MR) is 94.8 cm³/mol. The van der Waals surface area contributed by atoms with Gasteiger partial charge in [-0.1, -0.05) is 33.3 Å². The highest BCUT2D eigenvalue weighted by molar-refractivity contribution is 9.10. The first kappa shape index (κ1) is 16.8. The molecule has 0 aliphatic heterocycles. The Morgan fingerprint density at radius 2 is 2.00 bits per heavy atom. The zero-order valence-corrected chi connectivity index (χ0v) is 14.6. The summed E-state index contributed by atoms with van der Waals surface area (Å²) in [6.07, 6.45) is 0. The monoisotopic (exact) mass is 401 g/mol. The van der Waals surface area contributed by atoms with E-state index in [2.05, 4.69) is 31.6 Å². The molecule has 25 heavy (non-hydrogen) atoms. The summed E-state index contributed by atoms with van der Waals surface area (Å²) in [6.45, 7) is 1.68. The molecule has 0 radical (unpaired) electrons. The van der Waals surface area contributed by atoms with E-state index in [1.54, 1.807) is 37.3 Å². The number of carbonyl (C=O) groups is 1. The van der Waals surface area contributed by atoms with E-state index >= 15 is 0 Å². The number of hydrogen-bond donors (Lipinski definition) is 1. The Balaban J connectivity index is 1.89. The molecule has 1 amide bonds. The van der Waals surface area contributed by atoms with Crippen molar-refractivity contribution >= 4 is 33.2 Å². The van der Waals surface area contributed by atoms with Gasteiger partial charge < -0.3 is 5.32 Å². The van der Waals surface area contributed by atoms with E-state index in [4.69, 9.17) is 0 Å². The van der Waals surface area contributed by atoms with Crippen molar-refractivity contribution in [2.75, 3.05) is 5.32 Å². The van der Waals surface area contributed by atoms with Crippen LogP contribution in [0.2, 0.25) is 0 Å². The highest BCUT2D eigenvalue weighted by Gasteiger charge is 2.18. The lowest BCUT2D eigenvalue weighted by atomic mass is 10.2. The summed E-state index contributed by atoms with van der Waals surface area (Å²) < 4.78 is 2.23. The second kappa shape index (κ2) is 6.81. The number of carbonyl (C=O) groups excluding carboxylic acids is 1. The molecule has 0 saturated carbocycles. The number of anilines is 1. The van der Waals surface area contributed by atoms with E-state index in [0.29, 0.717) is 17.1 Å². The minimum absolute atomic E-state index is 0.0625. The van der Waals surface area contributed by atoms with Crippen LogP contribution in [0.3, 0.4) is 0 Å². The molecule has 0 saturated heterocycles. The topological polar surface area (TPSA) is 103 Å². The van der Waals surface area contributed by atoms with Crippen molar-refractivity contribution in [2.24, 2.45) is 0 Å². The molecule has 0 aliphatic carbocycles. The standard InChI is InChI=1S/C16H12BrN5O3/c1-10-15(16(23)18-12-5-2-4-11(17)8-12)19-20-21(10)13-6-3-7-14(9-13)22(24)25/h2-9H,1H3,(H,18,23). The van der Waals surface area contributed by atoms with Crippen molar-refractivity contribution in [1.82, 2.24) is 15.0 Å². The SMILES string of the molecule is Cc1c(C(=O)Nc2cccc(Br)c2)nnn1-c1cccc([N+](=O)[O-])c1. The Morgan fingerprint density at radius 1 is 1.24 bits per heavy atom. The van der Waals surface area contributed by atoms with E-state index in [9.17, 15) is 14.9 Å². The maximum atomic E-state index is 12.4. The summed E-state index contributed by atoms with van der Waals surface area (Å²) >= 11 is 3.34. The van der Waals surface area contributed by atoms with Crippen molar-refractivity contribution in [3.8, 4) is 5.69 Å². The molecule has 1 heterocycles. The van der Waals surface area contributed by atoms with Crippen molar-refractivity contribution in [2.45, 2.75) is 6.92 Å². The molecular weight excluding hydrogens is 390 g/mol. The zero-order valence-electron chi connectivity index (χ0n) is 13.0. The fraction of sp³-hybridized carbons (Fsp3) is 0.0625. The number of nitrogens with one attached hydrogen (secondary N) is 1. The van der Waals surface area contributed by atoms with Gasteiger partial charge in [0, 0.05) is 22.3 Å². The summed E-state index contributed by atoms with van der Waals surface area (Å²) in [5, 5.41) is 21.5. The van der Waals surface area contributed by atoms with Gasteiger partial charge >= 0.3 is 0 Å². The molecule has 2 aromatic carbocycles. The molecule has 3 rings (SSSR count). The molecule has 3 aromatic rings. The molecule has 0 atom stereocenters. The Labute approximate surface area is 150 Å². The molecule has 8 nitrogen and oxygen atoms in total. The fourth-order valence-corrected chi connectivity index (χ4v) is 2.68. The predicted octanol–water partition coefficient (Wildman–Crippen LogP) is 3.50. The quantitative estimate of drug-likeness (QED) is 0.532. The normalized spacial score (nSPS) is 10.5. The van der Waals surface area contributed by atoms with Crippen LogP contribution in [0.15, 0.2) is 53.0 Å². The molecule has 9 heteroatoms. The Bertz CT molecular complexity index is 970. The number of nitrogens with zero attached hydrogens (tertiary/aromatic N) is 4. The first-order valence-corrected chi connectivity index (χ1v) is 7.99. The minimum Gasteiger partial charge on any atom is -0.320 e. The summed E-state index contributed by atoms with van der Waals surface area (Å²) in [5.41, 5.74) is 1.64. The van der Waals surface area contributed by atoms with Gasteiger partial charge in [-0.25, -0.2) is 4.68 Å². The maximum Gasteiger partial charge on any atom is 0.278 e. The number of aromatic nitrogens is 3. The van der Waals surface area contributed by atoms with Crippen molar-refractivity contribution in [3.63, 3.8) is 0 Å². The number of benzene rings is 2. The summed E-state index contributed by atoms with van der Waals surface area (Å²) in [7, 11) is 0. The number of non-ortho nitro benzene ring substituents is 1. The molecule has 1 aromatic heterocycles. The van der Waals surface area contributed by atoms with Gasteiger partial charge in [0.2, 0.25) is 0 Å². The van der Waals surface area contributed by atoms with Crippen LogP contribution in [0.4, 0.5) is 11.4 Å². The van der Waals surface area contributed by atoms with Gasteiger partial charge in [-0.3, -0.25) is 14.9 Å². The van der Waals surface area contributed by atoms with E-state index in [1.807, 2.05) is 6.07 Å². The average Bonchev–Trinajstić information content (AvgIpc) is 2.96. The molecule has 0 unspecified atom stereocenters. The number of hydrogen-bond acceptors (Lipinski definition) is 5. The highest BCUT2D eigenvalue weighted by Crippen LogP contribution is 2.20. The van der Waals surface area contributed by atoms with Gasteiger partial charge in [0.25, 0.3) is 11.6 Å². The van der Waals surface area contributed by atoms with E-state index in [-0.39, 0.29) is 11.4 Å². The maximum absolute atomic E-state index is 12.4. The Morgan fingerprint density at radius 3 is 2.72 bits per heavy atom. The first-order valence-electron chi connectivity index (χ1n) is 7.20. The first-order chi connectivity index (χ1) is 12.0. The lowest BCUT2D eigenvalue weighted by Gasteiger charge is -2.05. The summed E-state index contributed by atoms with van der Waals surface area (Å²) in [6, 6.07) is 13.1. The van der Waals surface area contributed by atoms with Gasteiger partial charge in [-0.15, -0.1) is 5.10 Å². The molecule has 126 valence electrons. The molecular formula is C16H12BrN5O3. The lowest BCUT2D eigenvalue weighted by molar-refractivity contribution is -0.384. The van der Waals surface area contributed by atoms with Crippen LogP contribution < -0.4 is 5.32 Å². The number of nitro benzene ring substituents is 1. The minimum atomic E-state index is -0.489. The molecule has 1 N–H and O–H groups in total. The Hall–Kier alpha value is -3.07. The largest absolute Gasteiger partial charge is 0.320 e. The van der Waals surface area contributed by atoms with Crippen LogP contribution in [-0.4, -0.2) is 25.8 Å². The second-order valence-electron chi connectivity index (χ2n) is 5.18. The number of nitro groups is 1. The van der Waals surface area contributed by atoms with Gasteiger partial charge in [-0.05, 0) is 31.2 Å². The van der Waals surface area contributed by atoms with Crippen LogP contribution in [0, 0.1) is 17.0 Å². The third kappa shape index (κ3) is 3.56. The third-order valence-corrected chi connectivity index (χ3v) is 3.97. The van der Waals surface area contributed by atoms with Gasteiger partial charge in [0.15, 0.2) is 5.69 Å². The van der Waals surface area contributed by atoms with Crippen LogP contribution in [0.25, 0.3) is 5.69 Å². The van der Waals surface area contributed by atoms with Crippen LogP contribution in [0.1, 0.15) is 16.2 Å². The molecule has 0 spiro atoms. The smallest absolute Gasteiger partial charge is 0.278 e. The van der Waals surface area contributed by atoms with Gasteiger partial charge in [0.1, 0.15) is 0 Å². The number of amides is 1. The molecule has 0 bridgehead atoms. The van der Waals surface area contributed by atoms with Gasteiger partial charge in [-0.2, -0.15) is 0 Å². The van der Waals surface area contributed by atoms with E-state index in [0.717, 1.165) is 4.47 Å². The van der Waals surface area contributed by atoms with Gasteiger partial charge in [0.05, 0.1) is 16.3 Å². The summed E-state index contributed by atoms with van der Waals surface area (Å²) in [5.74, 6) is -0.410. The second-order valence-corrected chi connectivity index (χ2v) is 6.09. The van der Waals surface area contributed by atoms with Crippen LogP contribution in [-0.2, 0) is 0 Å². The lowest BCUT2D eigenvalue weighted by Crippen LogP contribution is -2.14. The average molecular weight is 402 g/mol.